The minimum atomic E-state index is 0.192. The number of hydrogen-bond acceptors (Lipinski definition) is 4. The van der Waals surface area contributed by atoms with Crippen molar-refractivity contribution in [3.8, 4) is 0 Å². The summed E-state index contributed by atoms with van der Waals surface area (Å²) >= 11 is 7.49. The van der Waals surface area contributed by atoms with Crippen LogP contribution in [0, 0.1) is 0 Å². The van der Waals surface area contributed by atoms with Gasteiger partial charge in [0.2, 0.25) is 0 Å². The van der Waals surface area contributed by atoms with E-state index in [0.717, 1.165) is 29.0 Å². The van der Waals surface area contributed by atoms with Gasteiger partial charge in [0.25, 0.3) is 0 Å². The van der Waals surface area contributed by atoms with Gasteiger partial charge in [-0.1, -0.05) is 0 Å². The lowest BCUT2D eigenvalue weighted by Crippen LogP contribution is -2.07. The van der Waals surface area contributed by atoms with Crippen molar-refractivity contribution in [3.63, 3.8) is 0 Å². The summed E-state index contributed by atoms with van der Waals surface area (Å²) in [5, 5.41) is 6.58. The van der Waals surface area contributed by atoms with Crippen molar-refractivity contribution in [3.05, 3.63) is 17.8 Å². The molecular weight excluding hydrogens is 230 g/mol. The number of halogens is 1. The Morgan fingerprint density at radius 1 is 1.53 bits per heavy atom. The first kappa shape index (κ1) is 10.6. The molecule has 2 heterocycles. The van der Waals surface area contributed by atoms with E-state index in [9.17, 15) is 0 Å². The minimum Gasteiger partial charge on any atom is -0.369 e. The Morgan fingerprint density at radius 3 is 3.20 bits per heavy atom. The Hall–Kier alpha value is -0.870. The lowest BCUT2D eigenvalue weighted by Gasteiger charge is -2.06. The van der Waals surface area contributed by atoms with Crippen LogP contribution >= 0.6 is 22.9 Å². The molecule has 0 fully saturated rings. The number of aromatic nitrogens is 2. The molecule has 1 unspecified atom stereocenters. The van der Waals surface area contributed by atoms with Crippen molar-refractivity contribution in [2.45, 2.75) is 18.7 Å². The van der Waals surface area contributed by atoms with Crippen molar-refractivity contribution in [1.29, 1.82) is 0 Å². The van der Waals surface area contributed by atoms with Crippen molar-refractivity contribution in [2.75, 3.05) is 11.9 Å². The Morgan fingerprint density at radius 2 is 2.40 bits per heavy atom. The average molecular weight is 242 g/mol. The fraction of sp³-hybridized carbons (Fsp3) is 0.400. The summed E-state index contributed by atoms with van der Waals surface area (Å²) in [5.74, 6) is 0.901. The Kier molecular flexibility index (Phi) is 3.38. The van der Waals surface area contributed by atoms with E-state index in [1.807, 2.05) is 18.4 Å². The molecule has 2 aromatic heterocycles. The summed E-state index contributed by atoms with van der Waals surface area (Å²) in [6.07, 6.45) is 2.52. The molecule has 0 aromatic carbocycles. The highest BCUT2D eigenvalue weighted by atomic mass is 35.5. The number of hydrogen-bond donors (Lipinski definition) is 1. The third kappa shape index (κ3) is 2.58. The summed E-state index contributed by atoms with van der Waals surface area (Å²) in [5.41, 5.74) is 0. The lowest BCUT2D eigenvalue weighted by atomic mass is 10.3. The molecule has 0 radical (unpaired) electrons. The molecule has 0 spiro atoms. The minimum absolute atomic E-state index is 0.192. The van der Waals surface area contributed by atoms with Crippen LogP contribution < -0.4 is 5.32 Å². The normalized spacial score (nSPS) is 12.9. The second-order valence-electron chi connectivity index (χ2n) is 3.36. The highest BCUT2D eigenvalue weighted by Crippen LogP contribution is 2.23. The van der Waals surface area contributed by atoms with Crippen LogP contribution in [0.2, 0.25) is 0 Å². The number of anilines is 1. The third-order valence-electron chi connectivity index (χ3n) is 2.10. The average Bonchev–Trinajstić information content (AvgIpc) is 2.65. The van der Waals surface area contributed by atoms with Crippen LogP contribution in [0.3, 0.4) is 0 Å². The molecule has 80 valence electrons. The van der Waals surface area contributed by atoms with Gasteiger partial charge >= 0.3 is 0 Å². The first-order valence-electron chi connectivity index (χ1n) is 4.83. The third-order valence-corrected chi connectivity index (χ3v) is 3.14. The van der Waals surface area contributed by atoms with Crippen molar-refractivity contribution in [2.24, 2.45) is 0 Å². The molecule has 2 aromatic rings. The number of thiophene rings is 1. The quantitative estimate of drug-likeness (QED) is 0.836. The highest BCUT2D eigenvalue weighted by molar-refractivity contribution is 7.16. The van der Waals surface area contributed by atoms with Gasteiger partial charge in [0.15, 0.2) is 0 Å². The maximum absolute atomic E-state index is 5.87. The van der Waals surface area contributed by atoms with Gasteiger partial charge in [-0.2, -0.15) is 0 Å². The summed E-state index contributed by atoms with van der Waals surface area (Å²) in [6.45, 7) is 2.83. The van der Waals surface area contributed by atoms with Gasteiger partial charge in [-0.25, -0.2) is 9.97 Å². The van der Waals surface area contributed by atoms with Gasteiger partial charge < -0.3 is 5.32 Å². The summed E-state index contributed by atoms with van der Waals surface area (Å²) in [4.78, 5) is 9.42. The van der Waals surface area contributed by atoms with Crippen molar-refractivity contribution >= 4 is 39.0 Å². The van der Waals surface area contributed by atoms with E-state index in [2.05, 4.69) is 15.3 Å². The zero-order valence-electron chi connectivity index (χ0n) is 8.40. The SMILES string of the molecule is CC(Cl)CCNc1ncnc2sccc12. The molecule has 5 heteroatoms. The second kappa shape index (κ2) is 4.77. The van der Waals surface area contributed by atoms with Gasteiger partial charge in [0.1, 0.15) is 17.0 Å². The van der Waals surface area contributed by atoms with Crippen LogP contribution in [0.5, 0.6) is 0 Å². The summed E-state index contributed by atoms with van der Waals surface area (Å²) in [6, 6.07) is 2.03. The van der Waals surface area contributed by atoms with Crippen LogP contribution in [0.4, 0.5) is 5.82 Å². The molecule has 0 aliphatic rings. The van der Waals surface area contributed by atoms with Crippen molar-refractivity contribution < 1.29 is 0 Å². The molecule has 0 bridgehead atoms. The van der Waals surface area contributed by atoms with E-state index >= 15 is 0 Å². The predicted octanol–water partition coefficient (Wildman–Crippen LogP) is 3.12. The number of nitrogens with one attached hydrogen (secondary N) is 1. The number of alkyl halides is 1. The van der Waals surface area contributed by atoms with E-state index in [0.29, 0.717) is 0 Å². The zero-order valence-corrected chi connectivity index (χ0v) is 9.98. The van der Waals surface area contributed by atoms with E-state index in [4.69, 9.17) is 11.6 Å². The molecule has 15 heavy (non-hydrogen) atoms. The number of fused-ring (bicyclic) bond motifs is 1. The first-order chi connectivity index (χ1) is 7.27. The lowest BCUT2D eigenvalue weighted by molar-refractivity contribution is 0.840. The zero-order chi connectivity index (χ0) is 10.7. The molecule has 0 saturated heterocycles. The van der Waals surface area contributed by atoms with Gasteiger partial charge in [0, 0.05) is 11.9 Å². The molecular formula is C10H12ClN3S. The first-order valence-corrected chi connectivity index (χ1v) is 6.15. The largest absolute Gasteiger partial charge is 0.369 e. The molecule has 1 N–H and O–H groups in total. The van der Waals surface area contributed by atoms with Crippen LogP contribution in [-0.4, -0.2) is 21.9 Å². The predicted molar refractivity (Wildman–Crippen MR) is 65.8 cm³/mol. The van der Waals surface area contributed by atoms with E-state index < -0.39 is 0 Å². The van der Waals surface area contributed by atoms with E-state index in [-0.39, 0.29) is 5.38 Å². The maximum atomic E-state index is 5.87. The van der Waals surface area contributed by atoms with Crippen LogP contribution in [0.1, 0.15) is 13.3 Å². The standard InChI is InChI=1S/C10H12ClN3S/c1-7(11)2-4-12-9-8-3-5-15-10(8)14-6-13-9/h3,5-7H,2,4H2,1H3,(H,12,13,14). The molecule has 0 saturated carbocycles. The smallest absolute Gasteiger partial charge is 0.138 e. The highest BCUT2D eigenvalue weighted by Gasteiger charge is 2.04. The van der Waals surface area contributed by atoms with Crippen LogP contribution in [0.15, 0.2) is 17.8 Å². The van der Waals surface area contributed by atoms with Gasteiger partial charge in [-0.05, 0) is 24.8 Å². The molecule has 0 aliphatic carbocycles. The molecule has 0 aliphatic heterocycles. The van der Waals surface area contributed by atoms with Crippen LogP contribution in [0.25, 0.3) is 10.2 Å². The van der Waals surface area contributed by atoms with E-state index in [1.165, 1.54) is 0 Å². The van der Waals surface area contributed by atoms with E-state index in [1.54, 1.807) is 17.7 Å². The summed E-state index contributed by atoms with van der Waals surface area (Å²) < 4.78 is 0. The Labute approximate surface area is 97.5 Å². The second-order valence-corrected chi connectivity index (χ2v) is 5.00. The molecule has 2 rings (SSSR count). The van der Waals surface area contributed by atoms with Crippen molar-refractivity contribution in [1.82, 2.24) is 9.97 Å². The van der Waals surface area contributed by atoms with Crippen LogP contribution in [-0.2, 0) is 0 Å². The number of rotatable bonds is 4. The monoisotopic (exact) mass is 241 g/mol. The maximum Gasteiger partial charge on any atom is 0.138 e. The fourth-order valence-corrected chi connectivity index (χ4v) is 2.16. The van der Waals surface area contributed by atoms with Gasteiger partial charge in [0.05, 0.1) is 5.39 Å². The molecule has 3 nitrogen and oxygen atoms in total. The van der Waals surface area contributed by atoms with Gasteiger partial charge in [-0.15, -0.1) is 22.9 Å². The topological polar surface area (TPSA) is 37.8 Å². The Bertz CT molecular complexity index is 441. The Balaban J connectivity index is 2.10. The molecule has 1 atom stereocenters. The summed E-state index contributed by atoms with van der Waals surface area (Å²) in [7, 11) is 0. The fourth-order valence-electron chi connectivity index (χ4n) is 1.32. The number of nitrogens with zero attached hydrogens (tertiary/aromatic N) is 2. The molecule has 0 amide bonds. The van der Waals surface area contributed by atoms with Gasteiger partial charge in [-0.3, -0.25) is 0 Å².